The van der Waals surface area contributed by atoms with Crippen molar-refractivity contribution in [2.24, 2.45) is 0 Å². The predicted molar refractivity (Wildman–Crippen MR) is 108 cm³/mol. The van der Waals surface area contributed by atoms with Gasteiger partial charge in [0.2, 0.25) is 0 Å². The lowest BCUT2D eigenvalue weighted by Gasteiger charge is -2.39. The van der Waals surface area contributed by atoms with Crippen LogP contribution in [0.5, 0.6) is 0 Å². The molecule has 29 heavy (non-hydrogen) atoms. The number of hydrogen-bond donors (Lipinski definition) is 5. The fraction of sp³-hybridized carbons (Fsp3) is 0.905. The van der Waals surface area contributed by atoms with Crippen molar-refractivity contribution >= 4 is 0 Å². The van der Waals surface area contributed by atoms with E-state index in [1.54, 1.807) is 6.26 Å². The second-order valence-electron chi connectivity index (χ2n) is 7.65. The molecule has 1 saturated heterocycles. The van der Waals surface area contributed by atoms with Crippen LogP contribution in [-0.2, 0) is 14.2 Å². The van der Waals surface area contributed by atoms with Crippen LogP contribution in [0.4, 0.5) is 0 Å². The molecule has 6 atom stereocenters. The minimum Gasteiger partial charge on any atom is -0.499 e. The van der Waals surface area contributed by atoms with Crippen molar-refractivity contribution in [1.82, 2.24) is 0 Å². The van der Waals surface area contributed by atoms with Gasteiger partial charge in [-0.15, -0.1) is 0 Å². The summed E-state index contributed by atoms with van der Waals surface area (Å²) in [6.07, 6.45) is 6.98. The van der Waals surface area contributed by atoms with Crippen molar-refractivity contribution in [2.45, 2.75) is 102 Å². The topological polar surface area (TPSA) is 129 Å². The summed E-state index contributed by atoms with van der Waals surface area (Å²) in [6, 6.07) is 0. The molecule has 1 heterocycles. The van der Waals surface area contributed by atoms with Crippen LogP contribution in [0.3, 0.4) is 0 Å². The molecule has 5 N–H and O–H groups in total. The van der Waals surface area contributed by atoms with E-state index in [0.717, 1.165) is 12.8 Å². The maximum absolute atomic E-state index is 9.89. The summed E-state index contributed by atoms with van der Waals surface area (Å²) >= 11 is 0. The first-order valence-electron chi connectivity index (χ1n) is 10.9. The van der Waals surface area contributed by atoms with Gasteiger partial charge in [-0.25, -0.2) is 0 Å². The van der Waals surface area contributed by atoms with Crippen LogP contribution >= 0.6 is 0 Å². The van der Waals surface area contributed by atoms with Gasteiger partial charge in [0.15, 0.2) is 6.29 Å². The Kier molecular flexibility index (Phi) is 14.5. The Morgan fingerprint density at radius 1 is 0.897 bits per heavy atom. The van der Waals surface area contributed by atoms with Gasteiger partial charge in [0.05, 0.1) is 19.5 Å². The summed E-state index contributed by atoms with van der Waals surface area (Å²) in [4.78, 5) is 0. The van der Waals surface area contributed by atoms with Crippen LogP contribution in [0, 0.1) is 0 Å². The number of aliphatic hydroxyl groups is 5. The van der Waals surface area contributed by atoms with Crippen molar-refractivity contribution < 1.29 is 39.7 Å². The van der Waals surface area contributed by atoms with Crippen LogP contribution in [-0.4, -0.2) is 82.2 Å². The molecule has 0 radical (unpaired) electrons. The number of aliphatic hydroxyl groups excluding tert-OH is 5. The zero-order valence-corrected chi connectivity index (χ0v) is 17.6. The lowest BCUT2D eigenvalue weighted by atomic mass is 9.99. The SMILES string of the molecule is CCCCCCCCCCC=COCC(O)CO[C@H]1O[C@H](CO)[C@H](O)[C@H](O)[C@H]1O. The second-order valence-corrected chi connectivity index (χ2v) is 7.65. The molecular weight excluding hydrogens is 380 g/mol. The quantitative estimate of drug-likeness (QED) is 0.186. The monoisotopic (exact) mass is 420 g/mol. The van der Waals surface area contributed by atoms with Crippen molar-refractivity contribution in [3.8, 4) is 0 Å². The standard InChI is InChI=1S/C21H40O8/c1-2-3-4-5-6-7-8-9-10-11-12-27-14-16(23)15-28-21-20(26)19(25)18(24)17(13-22)29-21/h11-12,16-26H,2-10,13-15H2,1H3/t16?,17-,18+,19+,20-,21+/m1/s1. The van der Waals surface area contributed by atoms with Gasteiger partial charge in [0.25, 0.3) is 0 Å². The van der Waals surface area contributed by atoms with Crippen molar-refractivity contribution in [3.63, 3.8) is 0 Å². The summed E-state index contributed by atoms with van der Waals surface area (Å²) < 4.78 is 15.7. The minimum absolute atomic E-state index is 0.0192. The molecule has 1 unspecified atom stereocenters. The van der Waals surface area contributed by atoms with E-state index in [-0.39, 0.29) is 13.2 Å². The Balaban J connectivity index is 2.06. The van der Waals surface area contributed by atoms with Gasteiger partial charge in [0.1, 0.15) is 37.1 Å². The molecule has 1 aliphatic rings. The largest absolute Gasteiger partial charge is 0.499 e. The minimum atomic E-state index is -1.50. The van der Waals surface area contributed by atoms with Gasteiger partial charge in [-0.05, 0) is 18.9 Å². The first kappa shape index (κ1) is 26.3. The Hall–Kier alpha value is -0.740. The van der Waals surface area contributed by atoms with E-state index in [1.807, 2.05) is 6.08 Å². The van der Waals surface area contributed by atoms with Gasteiger partial charge in [-0.3, -0.25) is 0 Å². The lowest BCUT2D eigenvalue weighted by molar-refractivity contribution is -0.304. The number of ether oxygens (including phenoxy) is 3. The average molecular weight is 421 g/mol. The molecular formula is C21H40O8. The maximum Gasteiger partial charge on any atom is 0.186 e. The molecule has 172 valence electrons. The van der Waals surface area contributed by atoms with Gasteiger partial charge in [0, 0.05) is 0 Å². The predicted octanol–water partition coefficient (Wildman–Crippen LogP) is 1.22. The third-order valence-electron chi connectivity index (χ3n) is 5.01. The Morgan fingerprint density at radius 2 is 1.55 bits per heavy atom. The molecule has 0 aromatic carbocycles. The lowest BCUT2D eigenvalue weighted by Crippen LogP contribution is -2.59. The Bertz CT molecular complexity index is 417. The van der Waals surface area contributed by atoms with Crippen molar-refractivity contribution in [1.29, 1.82) is 0 Å². The highest BCUT2D eigenvalue weighted by atomic mass is 16.7. The number of hydrogen-bond acceptors (Lipinski definition) is 8. The van der Waals surface area contributed by atoms with E-state index in [4.69, 9.17) is 19.3 Å². The van der Waals surface area contributed by atoms with Crippen LogP contribution in [0.2, 0.25) is 0 Å². The van der Waals surface area contributed by atoms with Crippen molar-refractivity contribution in [3.05, 3.63) is 12.3 Å². The van der Waals surface area contributed by atoms with E-state index in [9.17, 15) is 20.4 Å². The fourth-order valence-corrected chi connectivity index (χ4v) is 3.16. The second kappa shape index (κ2) is 16.0. The smallest absolute Gasteiger partial charge is 0.186 e. The molecule has 0 spiro atoms. The molecule has 0 saturated carbocycles. The molecule has 1 aliphatic heterocycles. The number of allylic oxidation sites excluding steroid dienone is 1. The molecule has 0 aliphatic carbocycles. The molecule has 1 fully saturated rings. The Labute approximate surface area is 174 Å². The summed E-state index contributed by atoms with van der Waals surface area (Å²) in [7, 11) is 0. The Morgan fingerprint density at radius 3 is 2.21 bits per heavy atom. The molecule has 0 aromatic heterocycles. The average Bonchev–Trinajstić information content (AvgIpc) is 2.72. The molecule has 8 heteroatoms. The van der Waals surface area contributed by atoms with Crippen LogP contribution in [0.15, 0.2) is 12.3 Å². The van der Waals surface area contributed by atoms with Gasteiger partial charge < -0.3 is 39.7 Å². The molecule has 0 amide bonds. The highest BCUT2D eigenvalue weighted by Gasteiger charge is 2.44. The van der Waals surface area contributed by atoms with Crippen LogP contribution < -0.4 is 0 Å². The molecule has 0 aromatic rings. The van der Waals surface area contributed by atoms with E-state index in [1.165, 1.54) is 44.9 Å². The maximum atomic E-state index is 9.89. The van der Waals surface area contributed by atoms with E-state index < -0.39 is 43.4 Å². The summed E-state index contributed by atoms with van der Waals surface area (Å²) in [5.74, 6) is 0. The summed E-state index contributed by atoms with van der Waals surface area (Å²) in [5.41, 5.74) is 0. The number of rotatable bonds is 16. The third-order valence-corrected chi connectivity index (χ3v) is 5.01. The zero-order valence-electron chi connectivity index (χ0n) is 17.6. The van der Waals surface area contributed by atoms with Crippen LogP contribution in [0.25, 0.3) is 0 Å². The molecule has 1 rings (SSSR count). The first-order valence-corrected chi connectivity index (χ1v) is 10.9. The van der Waals surface area contributed by atoms with Gasteiger partial charge in [-0.2, -0.15) is 0 Å². The van der Waals surface area contributed by atoms with Gasteiger partial charge >= 0.3 is 0 Å². The van der Waals surface area contributed by atoms with Gasteiger partial charge in [-0.1, -0.05) is 51.9 Å². The van der Waals surface area contributed by atoms with E-state index in [0.29, 0.717) is 0 Å². The summed E-state index contributed by atoms with van der Waals surface area (Å²) in [5, 5.41) is 48.3. The summed E-state index contributed by atoms with van der Waals surface area (Å²) in [6.45, 7) is 1.53. The highest BCUT2D eigenvalue weighted by Crippen LogP contribution is 2.22. The first-order chi connectivity index (χ1) is 14.0. The van der Waals surface area contributed by atoms with E-state index >= 15 is 0 Å². The molecule has 8 nitrogen and oxygen atoms in total. The molecule has 0 bridgehead atoms. The van der Waals surface area contributed by atoms with Crippen molar-refractivity contribution in [2.75, 3.05) is 19.8 Å². The fourth-order valence-electron chi connectivity index (χ4n) is 3.16. The van der Waals surface area contributed by atoms with Crippen LogP contribution in [0.1, 0.15) is 64.7 Å². The third kappa shape index (κ3) is 10.7. The normalized spacial score (nSPS) is 28.7. The number of unbranched alkanes of at least 4 members (excludes halogenated alkanes) is 8. The zero-order chi connectivity index (χ0) is 21.5. The highest BCUT2D eigenvalue weighted by molar-refractivity contribution is 4.89. The van der Waals surface area contributed by atoms with E-state index in [2.05, 4.69) is 6.92 Å².